The Balaban J connectivity index is 3.66. The number of carbonyl (C=O) groups excluding carboxylic acids is 1. The molecule has 0 radical (unpaired) electrons. The van der Waals surface area contributed by atoms with Crippen molar-refractivity contribution in [3.8, 4) is 0 Å². The lowest BCUT2D eigenvalue weighted by Crippen LogP contribution is -2.33. The first kappa shape index (κ1) is 28.7. The molecule has 0 bridgehead atoms. The molecular formula is C26H49NO3. The van der Waals surface area contributed by atoms with Crippen molar-refractivity contribution in [2.24, 2.45) is 5.92 Å². The van der Waals surface area contributed by atoms with Gasteiger partial charge in [0.15, 0.2) is 0 Å². The first-order valence-electron chi connectivity index (χ1n) is 12.7. The van der Waals surface area contributed by atoms with Crippen LogP contribution in [0.5, 0.6) is 0 Å². The fraction of sp³-hybridized carbons (Fsp3) is 0.846. The molecule has 0 heterocycles. The van der Waals surface area contributed by atoms with E-state index in [0.29, 0.717) is 13.1 Å². The van der Waals surface area contributed by atoms with Gasteiger partial charge in [-0.1, -0.05) is 103 Å². The molecule has 4 heteroatoms. The zero-order valence-corrected chi connectivity index (χ0v) is 20.2. The van der Waals surface area contributed by atoms with Crippen LogP contribution in [0, 0.1) is 5.92 Å². The predicted octanol–water partition coefficient (Wildman–Crippen LogP) is 7.37. The first-order valence-corrected chi connectivity index (χ1v) is 12.7. The van der Waals surface area contributed by atoms with Crippen LogP contribution in [0.15, 0.2) is 12.2 Å². The third kappa shape index (κ3) is 16.5. The molecule has 1 N–H and O–H groups in total. The van der Waals surface area contributed by atoms with Crippen LogP contribution in [0.1, 0.15) is 124 Å². The highest BCUT2D eigenvalue weighted by Gasteiger charge is 2.20. The summed E-state index contributed by atoms with van der Waals surface area (Å²) in [5, 5.41) is 9.35. The van der Waals surface area contributed by atoms with Crippen molar-refractivity contribution in [3.05, 3.63) is 12.2 Å². The highest BCUT2D eigenvalue weighted by Crippen LogP contribution is 2.14. The minimum Gasteiger partial charge on any atom is -0.481 e. The molecule has 1 atom stereocenters. The molecule has 0 aliphatic carbocycles. The van der Waals surface area contributed by atoms with Gasteiger partial charge in [0.25, 0.3) is 0 Å². The smallest absolute Gasteiger partial charge is 0.310 e. The molecule has 0 aliphatic heterocycles. The van der Waals surface area contributed by atoms with Crippen molar-refractivity contribution >= 4 is 11.9 Å². The normalized spacial score (nSPS) is 12.4. The van der Waals surface area contributed by atoms with E-state index >= 15 is 0 Å². The first-order chi connectivity index (χ1) is 14.6. The van der Waals surface area contributed by atoms with Crippen molar-refractivity contribution in [3.63, 3.8) is 0 Å². The summed E-state index contributed by atoms with van der Waals surface area (Å²) >= 11 is 0. The maximum absolute atomic E-state index is 12.1. The summed E-state index contributed by atoms with van der Waals surface area (Å²) in [5.74, 6) is -1.69. The van der Waals surface area contributed by atoms with Crippen molar-refractivity contribution in [1.29, 1.82) is 0 Å². The van der Waals surface area contributed by atoms with Gasteiger partial charge in [0.05, 0.1) is 5.92 Å². The number of carbonyl (C=O) groups is 2. The highest BCUT2D eigenvalue weighted by atomic mass is 16.4. The van der Waals surface area contributed by atoms with Crippen LogP contribution in [0.25, 0.3) is 0 Å². The number of amides is 1. The van der Waals surface area contributed by atoms with Crippen molar-refractivity contribution in [2.45, 2.75) is 124 Å². The Morgan fingerprint density at radius 3 is 1.57 bits per heavy atom. The molecule has 1 unspecified atom stereocenters. The summed E-state index contributed by atoms with van der Waals surface area (Å²) in [5.41, 5.74) is 0. The number of hydrogen-bond donors (Lipinski definition) is 1. The maximum Gasteiger partial charge on any atom is 0.310 e. The number of rotatable bonds is 21. The Labute approximate surface area is 186 Å². The number of allylic oxidation sites excluding steroid dienone is 1. The largest absolute Gasteiger partial charge is 0.481 e. The predicted molar refractivity (Wildman–Crippen MR) is 128 cm³/mol. The van der Waals surface area contributed by atoms with E-state index in [1.807, 2.05) is 19.9 Å². The van der Waals surface area contributed by atoms with Gasteiger partial charge in [-0.2, -0.15) is 0 Å². The van der Waals surface area contributed by atoms with Crippen LogP contribution in [-0.2, 0) is 9.59 Å². The third-order valence-corrected chi connectivity index (χ3v) is 5.92. The van der Waals surface area contributed by atoms with Crippen LogP contribution in [0.2, 0.25) is 0 Å². The van der Waals surface area contributed by atoms with Crippen molar-refractivity contribution in [2.75, 3.05) is 13.1 Å². The molecule has 0 aromatic carbocycles. The van der Waals surface area contributed by atoms with Crippen LogP contribution >= 0.6 is 0 Å². The Morgan fingerprint density at radius 2 is 1.17 bits per heavy atom. The van der Waals surface area contributed by atoms with Gasteiger partial charge in [0.2, 0.25) is 5.91 Å². The molecule has 4 nitrogen and oxygen atoms in total. The summed E-state index contributed by atoms with van der Waals surface area (Å²) in [6.07, 6.45) is 23.4. The molecule has 0 saturated heterocycles. The Morgan fingerprint density at radius 1 is 0.733 bits per heavy atom. The molecule has 0 aromatic heterocycles. The van der Waals surface area contributed by atoms with E-state index in [2.05, 4.69) is 6.92 Å². The minimum absolute atomic E-state index is 0.0618. The zero-order valence-electron chi connectivity index (χ0n) is 20.2. The minimum atomic E-state index is -0.910. The van der Waals surface area contributed by atoms with Gasteiger partial charge in [-0.3, -0.25) is 9.59 Å². The maximum atomic E-state index is 12.1. The molecule has 0 fully saturated rings. The van der Waals surface area contributed by atoms with Crippen molar-refractivity contribution < 1.29 is 14.7 Å². The lowest BCUT2D eigenvalue weighted by Gasteiger charge is -2.19. The summed E-state index contributed by atoms with van der Waals surface area (Å²) in [6, 6.07) is 0. The van der Waals surface area contributed by atoms with E-state index in [1.54, 1.807) is 11.0 Å². The highest BCUT2D eigenvalue weighted by molar-refractivity contribution is 5.83. The van der Waals surface area contributed by atoms with Gasteiger partial charge in [-0.25, -0.2) is 0 Å². The van der Waals surface area contributed by atoms with E-state index in [1.165, 1.54) is 83.5 Å². The standard InChI is InChI=1S/C26H49NO3/c1-4-7-8-9-10-11-12-13-14-15-16-17-18-19-20-21-22-24(26(29)30)23-25(28)27(5-2)6-3/h21-22,24H,4-20,23H2,1-3H3,(H,29,30)/b22-21+. The molecule has 30 heavy (non-hydrogen) atoms. The van der Waals surface area contributed by atoms with Gasteiger partial charge in [-0.15, -0.1) is 0 Å². The second-order valence-electron chi connectivity index (χ2n) is 8.53. The quantitative estimate of drug-likeness (QED) is 0.155. The lowest BCUT2D eigenvalue weighted by atomic mass is 10.0. The lowest BCUT2D eigenvalue weighted by molar-refractivity contribution is -0.144. The molecule has 0 saturated carbocycles. The van der Waals surface area contributed by atoms with Crippen LogP contribution in [0.4, 0.5) is 0 Å². The van der Waals surface area contributed by atoms with E-state index in [9.17, 15) is 14.7 Å². The Kier molecular flexibility index (Phi) is 20.0. The summed E-state index contributed by atoms with van der Waals surface area (Å²) in [6.45, 7) is 7.37. The Bertz CT molecular complexity index is 444. The van der Waals surface area contributed by atoms with E-state index in [4.69, 9.17) is 0 Å². The topological polar surface area (TPSA) is 57.6 Å². The SMILES string of the molecule is CCCCCCCCCCCCCCCC/C=C/C(CC(=O)N(CC)CC)C(=O)O. The van der Waals surface area contributed by atoms with Crippen LogP contribution < -0.4 is 0 Å². The molecule has 0 spiro atoms. The van der Waals surface area contributed by atoms with Gasteiger partial charge in [-0.05, 0) is 26.7 Å². The summed E-state index contributed by atoms with van der Waals surface area (Å²) in [4.78, 5) is 25.2. The zero-order chi connectivity index (χ0) is 22.5. The fourth-order valence-electron chi connectivity index (χ4n) is 3.85. The number of carboxylic acid groups (broad SMARTS) is 1. The monoisotopic (exact) mass is 423 g/mol. The number of carboxylic acids is 1. The summed E-state index contributed by atoms with van der Waals surface area (Å²) in [7, 11) is 0. The van der Waals surface area contributed by atoms with Gasteiger partial charge in [0, 0.05) is 19.5 Å². The van der Waals surface area contributed by atoms with Crippen LogP contribution in [0.3, 0.4) is 0 Å². The number of nitrogens with zero attached hydrogens (tertiary/aromatic N) is 1. The number of unbranched alkanes of at least 4 members (excludes halogenated alkanes) is 14. The van der Waals surface area contributed by atoms with E-state index in [0.717, 1.165) is 12.8 Å². The molecule has 176 valence electrons. The Hall–Kier alpha value is -1.32. The second kappa shape index (κ2) is 20.9. The average molecular weight is 424 g/mol. The number of aliphatic carboxylic acids is 1. The summed E-state index contributed by atoms with van der Waals surface area (Å²) < 4.78 is 0. The molecule has 0 aliphatic rings. The van der Waals surface area contributed by atoms with Crippen LogP contribution in [-0.4, -0.2) is 35.0 Å². The molecule has 0 rings (SSSR count). The molecule has 0 aromatic rings. The average Bonchev–Trinajstić information content (AvgIpc) is 2.73. The third-order valence-electron chi connectivity index (χ3n) is 5.92. The van der Waals surface area contributed by atoms with Crippen molar-refractivity contribution in [1.82, 2.24) is 4.90 Å². The number of hydrogen-bond acceptors (Lipinski definition) is 2. The van der Waals surface area contributed by atoms with Gasteiger partial charge < -0.3 is 10.0 Å². The second-order valence-corrected chi connectivity index (χ2v) is 8.53. The van der Waals surface area contributed by atoms with Gasteiger partial charge in [0.1, 0.15) is 0 Å². The molecule has 1 amide bonds. The molecular weight excluding hydrogens is 374 g/mol. The van der Waals surface area contributed by atoms with E-state index in [-0.39, 0.29) is 12.3 Å². The van der Waals surface area contributed by atoms with Gasteiger partial charge >= 0.3 is 5.97 Å². The fourth-order valence-corrected chi connectivity index (χ4v) is 3.85. The van der Waals surface area contributed by atoms with E-state index < -0.39 is 11.9 Å².